The lowest BCUT2D eigenvalue weighted by molar-refractivity contribution is -0.148. The minimum Gasteiger partial charge on any atom is -0.482 e. The molecule has 0 saturated heterocycles. The highest BCUT2D eigenvalue weighted by Crippen LogP contribution is 2.38. The fourth-order valence-corrected chi connectivity index (χ4v) is 7.25. The quantitative estimate of drug-likeness (QED) is 0.124. The molecule has 0 aromatic heterocycles. The van der Waals surface area contributed by atoms with Crippen LogP contribution in [0.15, 0.2) is 18.2 Å². The third-order valence-electron chi connectivity index (χ3n) is 9.95. The second kappa shape index (κ2) is 22.9. The van der Waals surface area contributed by atoms with Gasteiger partial charge in [-0.15, -0.1) is 0 Å². The van der Waals surface area contributed by atoms with Crippen molar-refractivity contribution in [2.45, 2.75) is 149 Å². The largest absolute Gasteiger partial charge is 0.482 e. The number of carboxylic acid groups (broad SMARTS) is 2. The van der Waals surface area contributed by atoms with Crippen LogP contribution in [-0.4, -0.2) is 41.2 Å². The van der Waals surface area contributed by atoms with Gasteiger partial charge in [-0.1, -0.05) is 123 Å². The third-order valence-corrected chi connectivity index (χ3v) is 9.95. The van der Waals surface area contributed by atoms with Crippen LogP contribution in [0.1, 0.15) is 147 Å². The Morgan fingerprint density at radius 1 is 0.844 bits per heavy atom. The van der Waals surface area contributed by atoms with Crippen molar-refractivity contribution in [1.29, 1.82) is 0 Å². The average Bonchev–Trinajstić information content (AvgIpc) is 3.05. The van der Waals surface area contributed by atoms with Crippen molar-refractivity contribution in [3.8, 4) is 5.75 Å². The van der Waals surface area contributed by atoms with E-state index in [1.165, 1.54) is 88.2 Å². The Bertz CT molecular complexity index is 994. The number of benzene rings is 1. The van der Waals surface area contributed by atoms with Crippen molar-refractivity contribution >= 4 is 17.8 Å². The number of hydrogen-bond acceptors (Lipinski definition) is 4. The fourth-order valence-electron chi connectivity index (χ4n) is 7.25. The first-order chi connectivity index (χ1) is 21.8. The normalized spacial score (nSPS) is 19.8. The standard InChI is InChI=1S/C23H36O3.C15H27NO3/c1-3-5-6-7-8-9-11-18(4-2)19-14-15-21-20(16-19)12-10-13-22(21)26-17-23(24)25;1-2-3-4-5-8-11-16-14(17)12-9-6-7-10-13(12)15(18)19/h10,12-13,18-19H,3-9,11,14-17H2,1-2H3,(H,24,25);12-13H,2-11H2,1H3,(H,16,17)(H,18,19)/t18?,19-;/m1./s1. The number of nitrogens with one attached hydrogen (secondary N) is 1. The maximum atomic E-state index is 12.0. The molecule has 1 aromatic carbocycles. The zero-order chi connectivity index (χ0) is 32.9. The molecule has 2 aliphatic carbocycles. The molecule has 0 bridgehead atoms. The zero-order valence-corrected chi connectivity index (χ0v) is 28.6. The molecule has 1 amide bonds. The molecule has 2 aliphatic rings. The molecule has 7 nitrogen and oxygen atoms in total. The zero-order valence-electron chi connectivity index (χ0n) is 28.6. The summed E-state index contributed by atoms with van der Waals surface area (Å²) in [6, 6.07) is 6.12. The van der Waals surface area contributed by atoms with Crippen LogP contribution in [0.5, 0.6) is 5.75 Å². The molecule has 4 atom stereocenters. The number of amides is 1. The number of carboxylic acids is 2. The van der Waals surface area contributed by atoms with E-state index < -0.39 is 17.9 Å². The van der Waals surface area contributed by atoms with E-state index in [1.807, 2.05) is 12.1 Å². The van der Waals surface area contributed by atoms with E-state index in [0.29, 0.717) is 13.0 Å². The Balaban J connectivity index is 0.000000330. The molecule has 0 aliphatic heterocycles. The molecule has 3 unspecified atom stereocenters. The molecule has 7 heteroatoms. The second-order valence-electron chi connectivity index (χ2n) is 13.3. The van der Waals surface area contributed by atoms with Gasteiger partial charge in [0, 0.05) is 6.54 Å². The van der Waals surface area contributed by atoms with Gasteiger partial charge in [-0.05, 0) is 67.6 Å². The van der Waals surface area contributed by atoms with Gasteiger partial charge in [0.2, 0.25) is 5.91 Å². The van der Waals surface area contributed by atoms with Crippen LogP contribution in [0.3, 0.4) is 0 Å². The maximum absolute atomic E-state index is 12.0. The molecule has 256 valence electrons. The summed E-state index contributed by atoms with van der Waals surface area (Å²) in [5.41, 5.74) is 2.60. The lowest BCUT2D eigenvalue weighted by Gasteiger charge is -2.32. The van der Waals surface area contributed by atoms with E-state index in [2.05, 4.69) is 32.2 Å². The summed E-state index contributed by atoms with van der Waals surface area (Å²) in [5, 5.41) is 20.9. The molecule has 1 fully saturated rings. The lowest BCUT2D eigenvalue weighted by atomic mass is 9.74. The first kappa shape index (κ1) is 38.6. The fraction of sp³-hybridized carbons (Fsp3) is 0.763. The second-order valence-corrected chi connectivity index (χ2v) is 13.3. The number of aliphatic carboxylic acids is 2. The highest BCUT2D eigenvalue weighted by atomic mass is 16.5. The average molecular weight is 630 g/mol. The minimum absolute atomic E-state index is 0.0532. The number of ether oxygens (including phenoxy) is 1. The summed E-state index contributed by atoms with van der Waals surface area (Å²) in [5.74, 6) is -0.231. The summed E-state index contributed by atoms with van der Waals surface area (Å²) in [4.78, 5) is 33.9. The van der Waals surface area contributed by atoms with Crippen molar-refractivity contribution in [2.24, 2.45) is 23.7 Å². The highest BCUT2D eigenvalue weighted by Gasteiger charge is 2.35. The Hall–Kier alpha value is -2.57. The maximum Gasteiger partial charge on any atom is 0.341 e. The van der Waals surface area contributed by atoms with E-state index in [1.54, 1.807) is 0 Å². The van der Waals surface area contributed by atoms with Crippen molar-refractivity contribution in [2.75, 3.05) is 13.2 Å². The first-order valence-corrected chi connectivity index (χ1v) is 18.3. The van der Waals surface area contributed by atoms with E-state index >= 15 is 0 Å². The third kappa shape index (κ3) is 14.6. The Kier molecular flexibility index (Phi) is 19.6. The predicted molar refractivity (Wildman–Crippen MR) is 182 cm³/mol. The first-order valence-electron chi connectivity index (χ1n) is 18.3. The molecule has 0 heterocycles. The summed E-state index contributed by atoms with van der Waals surface area (Å²) >= 11 is 0. The van der Waals surface area contributed by atoms with Crippen LogP contribution >= 0.6 is 0 Å². The van der Waals surface area contributed by atoms with Gasteiger partial charge in [0.1, 0.15) is 5.75 Å². The molecule has 3 rings (SSSR count). The highest BCUT2D eigenvalue weighted by molar-refractivity contribution is 5.84. The van der Waals surface area contributed by atoms with Crippen LogP contribution in [-0.2, 0) is 27.2 Å². The van der Waals surface area contributed by atoms with Crippen molar-refractivity contribution < 1.29 is 29.3 Å². The molecule has 0 spiro atoms. The van der Waals surface area contributed by atoms with E-state index in [-0.39, 0.29) is 18.4 Å². The Labute approximate surface area is 273 Å². The number of hydrogen-bond donors (Lipinski definition) is 3. The van der Waals surface area contributed by atoms with Gasteiger partial charge >= 0.3 is 11.9 Å². The molecule has 3 N–H and O–H groups in total. The molecule has 1 aromatic rings. The van der Waals surface area contributed by atoms with Crippen LogP contribution in [0, 0.1) is 23.7 Å². The number of unbranched alkanes of at least 4 members (excludes halogenated alkanes) is 9. The van der Waals surface area contributed by atoms with Crippen LogP contribution in [0.25, 0.3) is 0 Å². The van der Waals surface area contributed by atoms with Gasteiger partial charge in [0.05, 0.1) is 11.8 Å². The summed E-state index contributed by atoms with van der Waals surface area (Å²) in [6.07, 6.45) is 23.3. The lowest BCUT2D eigenvalue weighted by Crippen LogP contribution is -2.40. The van der Waals surface area contributed by atoms with Gasteiger partial charge in [0.15, 0.2) is 6.61 Å². The molecule has 45 heavy (non-hydrogen) atoms. The number of carbonyl (C=O) groups excluding carboxylic acids is 1. The van der Waals surface area contributed by atoms with E-state index in [0.717, 1.165) is 62.5 Å². The van der Waals surface area contributed by atoms with E-state index in [4.69, 9.17) is 14.9 Å². The monoisotopic (exact) mass is 629 g/mol. The van der Waals surface area contributed by atoms with Gasteiger partial charge < -0.3 is 20.3 Å². The summed E-state index contributed by atoms with van der Waals surface area (Å²) < 4.78 is 5.50. The van der Waals surface area contributed by atoms with Gasteiger partial charge in [0.25, 0.3) is 0 Å². The van der Waals surface area contributed by atoms with Crippen LogP contribution in [0.4, 0.5) is 0 Å². The smallest absolute Gasteiger partial charge is 0.341 e. The topological polar surface area (TPSA) is 113 Å². The molecule has 0 radical (unpaired) electrons. The number of fused-ring (bicyclic) bond motifs is 1. The van der Waals surface area contributed by atoms with Crippen LogP contribution < -0.4 is 10.1 Å². The van der Waals surface area contributed by atoms with E-state index in [9.17, 15) is 14.4 Å². The molecular formula is C38H63NO6. The summed E-state index contributed by atoms with van der Waals surface area (Å²) in [6.45, 7) is 7.22. The van der Waals surface area contributed by atoms with Gasteiger partial charge in [-0.3, -0.25) is 9.59 Å². The Morgan fingerprint density at radius 3 is 2.13 bits per heavy atom. The SMILES string of the molecule is CCCCCCCCC(CC)[C@@H]1CCc2c(cccc2OCC(=O)O)C1.CCCCCCCNC(=O)C1CCCCC1C(=O)O. The van der Waals surface area contributed by atoms with Gasteiger partial charge in [-0.2, -0.15) is 0 Å². The predicted octanol–water partition coefficient (Wildman–Crippen LogP) is 9.00. The number of rotatable bonds is 20. The molecule has 1 saturated carbocycles. The molecular weight excluding hydrogens is 566 g/mol. The van der Waals surface area contributed by atoms with Crippen LogP contribution in [0.2, 0.25) is 0 Å². The van der Waals surface area contributed by atoms with Crippen molar-refractivity contribution in [3.05, 3.63) is 29.3 Å². The number of carbonyl (C=O) groups is 3. The van der Waals surface area contributed by atoms with Gasteiger partial charge in [-0.25, -0.2) is 4.79 Å². The Morgan fingerprint density at radius 2 is 1.49 bits per heavy atom. The minimum atomic E-state index is -0.915. The van der Waals surface area contributed by atoms with Crippen molar-refractivity contribution in [3.63, 3.8) is 0 Å². The summed E-state index contributed by atoms with van der Waals surface area (Å²) in [7, 11) is 0. The van der Waals surface area contributed by atoms with Crippen molar-refractivity contribution in [1.82, 2.24) is 5.32 Å².